The molecule has 1 amide bonds. The van der Waals surface area contributed by atoms with Crippen LogP contribution in [0.3, 0.4) is 0 Å². The van der Waals surface area contributed by atoms with E-state index in [0.717, 1.165) is 24.8 Å². The number of likely N-dealkylation sites (N-methyl/N-ethyl adjacent to an activating group) is 1. The van der Waals surface area contributed by atoms with Gasteiger partial charge in [-0.1, -0.05) is 32.0 Å². The topological polar surface area (TPSA) is 80.9 Å². The first kappa shape index (κ1) is 32.2. The van der Waals surface area contributed by atoms with Crippen molar-refractivity contribution in [2.45, 2.75) is 26.6 Å². The van der Waals surface area contributed by atoms with Crippen molar-refractivity contribution in [3.8, 4) is 11.1 Å². The molecule has 0 saturated carbocycles. The third-order valence-electron chi connectivity index (χ3n) is 7.40. The number of hydrogen-bond donors (Lipinski definition) is 2. The van der Waals surface area contributed by atoms with E-state index in [9.17, 15) is 22.8 Å². The molecule has 5 rings (SSSR count). The number of carbonyl (C=O) groups is 1. The fourth-order valence-electron chi connectivity index (χ4n) is 5.13. The molecule has 1 aromatic heterocycles. The molecule has 232 valence electrons. The molecule has 0 bridgehead atoms. The molecule has 3 heterocycles. The first-order chi connectivity index (χ1) is 20.6. The van der Waals surface area contributed by atoms with Crippen molar-refractivity contribution in [3.63, 3.8) is 0 Å². The van der Waals surface area contributed by atoms with Crippen molar-refractivity contribution in [1.29, 1.82) is 0 Å². The number of nitrogens with zero attached hydrogens (tertiary/aromatic N) is 3. The predicted octanol–water partition coefficient (Wildman–Crippen LogP) is 5.06. The molecule has 2 aromatic carbocycles. The molecule has 2 N–H and O–H groups in total. The number of H-pyrrole nitrogens is 1. The van der Waals surface area contributed by atoms with Gasteiger partial charge in [-0.25, -0.2) is 4.39 Å². The average molecular weight is 604 g/mol. The minimum Gasteiger partial charge on any atom is -0.379 e. The molecule has 43 heavy (non-hydrogen) atoms. The summed E-state index contributed by atoms with van der Waals surface area (Å²) in [5.41, 5.74) is -0.760. The molecule has 0 aliphatic carbocycles. The number of pyridine rings is 1. The van der Waals surface area contributed by atoms with E-state index < -0.39 is 34.6 Å². The van der Waals surface area contributed by atoms with Crippen molar-refractivity contribution >= 4 is 17.3 Å². The maximum Gasteiger partial charge on any atom is 0.417 e. The Morgan fingerprint density at radius 1 is 1.00 bits per heavy atom. The van der Waals surface area contributed by atoms with Crippen LogP contribution in [0.2, 0.25) is 0 Å². The van der Waals surface area contributed by atoms with Gasteiger partial charge in [0.25, 0.3) is 5.91 Å². The average Bonchev–Trinajstić information content (AvgIpc) is 2.99. The number of ether oxygens (including phenoxy) is 1. The first-order valence-electron chi connectivity index (χ1n) is 14.4. The van der Waals surface area contributed by atoms with Gasteiger partial charge in [0.15, 0.2) is 0 Å². The van der Waals surface area contributed by atoms with Gasteiger partial charge in [-0.2, -0.15) is 13.2 Å². The number of alkyl halides is 3. The highest BCUT2D eigenvalue weighted by Gasteiger charge is 2.36. The number of piperazine rings is 1. The normalized spacial score (nSPS) is 16.4. The largest absolute Gasteiger partial charge is 0.417 e. The Morgan fingerprint density at radius 3 is 2.37 bits per heavy atom. The van der Waals surface area contributed by atoms with Crippen LogP contribution in [0.5, 0.6) is 0 Å². The van der Waals surface area contributed by atoms with E-state index in [0.29, 0.717) is 63.3 Å². The summed E-state index contributed by atoms with van der Waals surface area (Å²) in [6.07, 6.45) is -4.17. The number of halogens is 4. The van der Waals surface area contributed by atoms with Crippen molar-refractivity contribution in [2.75, 3.05) is 69.7 Å². The second kappa shape index (κ2) is 14.2. The monoisotopic (exact) mass is 603 g/mol. The molecule has 12 heteroatoms. The summed E-state index contributed by atoms with van der Waals surface area (Å²) in [5.74, 6) is -1.58. The number of benzene rings is 2. The lowest BCUT2D eigenvalue weighted by Gasteiger charge is -2.35. The van der Waals surface area contributed by atoms with Crippen LogP contribution < -0.4 is 15.8 Å². The van der Waals surface area contributed by atoms with Gasteiger partial charge in [0.05, 0.1) is 35.7 Å². The van der Waals surface area contributed by atoms with Gasteiger partial charge in [0.1, 0.15) is 5.82 Å². The zero-order valence-electron chi connectivity index (χ0n) is 24.6. The van der Waals surface area contributed by atoms with Crippen molar-refractivity contribution in [2.24, 2.45) is 0 Å². The number of morpholine rings is 1. The van der Waals surface area contributed by atoms with E-state index in [1.54, 1.807) is 6.07 Å². The van der Waals surface area contributed by atoms with Crippen LogP contribution in [-0.2, 0) is 17.5 Å². The van der Waals surface area contributed by atoms with Gasteiger partial charge in [-0.15, -0.1) is 0 Å². The van der Waals surface area contributed by atoms with Crippen LogP contribution >= 0.6 is 0 Å². The molecule has 0 unspecified atom stereocenters. The molecule has 0 spiro atoms. The fraction of sp³-hybridized carbons (Fsp3) is 0.419. The molecular formula is C31H37F4N5O3. The van der Waals surface area contributed by atoms with Gasteiger partial charge in [0, 0.05) is 63.6 Å². The number of anilines is 2. The fourth-order valence-corrected chi connectivity index (χ4v) is 5.13. The number of carbonyl (C=O) groups excluding carboxylic acids is 1. The van der Waals surface area contributed by atoms with E-state index in [1.807, 2.05) is 44.0 Å². The highest BCUT2D eigenvalue weighted by molar-refractivity contribution is 6.07. The third kappa shape index (κ3) is 8.01. The van der Waals surface area contributed by atoms with Crippen LogP contribution in [0.15, 0.2) is 53.5 Å². The summed E-state index contributed by atoms with van der Waals surface area (Å²) in [6, 6.07) is 10.5. The number of hydrogen-bond acceptors (Lipinski definition) is 6. The minimum absolute atomic E-state index is 0.175. The van der Waals surface area contributed by atoms with Crippen molar-refractivity contribution in [1.82, 2.24) is 14.8 Å². The van der Waals surface area contributed by atoms with Crippen LogP contribution in [0.1, 0.15) is 35.3 Å². The van der Waals surface area contributed by atoms with Gasteiger partial charge < -0.3 is 24.8 Å². The molecule has 2 fully saturated rings. The molecule has 2 saturated heterocycles. The second-order valence-corrected chi connectivity index (χ2v) is 10.3. The van der Waals surface area contributed by atoms with Crippen molar-refractivity contribution < 1.29 is 27.1 Å². The highest BCUT2D eigenvalue weighted by Crippen LogP contribution is 2.36. The number of aromatic amines is 1. The Kier molecular flexibility index (Phi) is 10.6. The zero-order chi connectivity index (χ0) is 31.1. The molecule has 3 aromatic rings. The van der Waals surface area contributed by atoms with Crippen LogP contribution in [0.4, 0.5) is 28.9 Å². The van der Waals surface area contributed by atoms with E-state index >= 15 is 4.39 Å². The van der Waals surface area contributed by atoms with Crippen LogP contribution in [0.25, 0.3) is 11.1 Å². The number of nitrogens with one attached hydrogen (secondary N) is 2. The van der Waals surface area contributed by atoms with Gasteiger partial charge in [-0.05, 0) is 36.4 Å². The Bertz CT molecular complexity index is 1460. The minimum atomic E-state index is -4.92. The molecule has 8 nitrogen and oxygen atoms in total. The van der Waals surface area contributed by atoms with E-state index in [4.69, 9.17) is 4.74 Å². The number of rotatable bonds is 6. The maximum absolute atomic E-state index is 15.7. The number of amides is 1. The van der Waals surface area contributed by atoms with E-state index in [-0.39, 0.29) is 11.3 Å². The Morgan fingerprint density at radius 2 is 1.70 bits per heavy atom. The molecule has 0 radical (unpaired) electrons. The Hall–Kier alpha value is -3.74. The van der Waals surface area contributed by atoms with Gasteiger partial charge >= 0.3 is 6.18 Å². The molecule has 2 aliphatic rings. The molecular weight excluding hydrogens is 566 g/mol. The van der Waals surface area contributed by atoms with E-state index in [1.165, 1.54) is 12.1 Å². The summed E-state index contributed by atoms with van der Waals surface area (Å²) < 4.78 is 62.1. The summed E-state index contributed by atoms with van der Waals surface area (Å²) in [5, 5.41) is 2.58. The van der Waals surface area contributed by atoms with Crippen LogP contribution in [0, 0.1) is 5.82 Å². The predicted molar refractivity (Wildman–Crippen MR) is 159 cm³/mol. The zero-order valence-corrected chi connectivity index (χ0v) is 24.6. The van der Waals surface area contributed by atoms with Gasteiger partial charge in [0.2, 0.25) is 5.56 Å². The summed E-state index contributed by atoms with van der Waals surface area (Å²) in [7, 11) is 1.96. The van der Waals surface area contributed by atoms with Crippen LogP contribution in [-0.4, -0.2) is 80.2 Å². The smallest absolute Gasteiger partial charge is 0.379 e. The summed E-state index contributed by atoms with van der Waals surface area (Å²) in [6.45, 7) is 10.0. The summed E-state index contributed by atoms with van der Waals surface area (Å²) in [4.78, 5) is 33.2. The summed E-state index contributed by atoms with van der Waals surface area (Å²) >= 11 is 0. The molecule has 0 atom stereocenters. The quantitative estimate of drug-likeness (QED) is 0.384. The van der Waals surface area contributed by atoms with E-state index in [2.05, 4.69) is 20.1 Å². The number of aromatic nitrogens is 1. The Balaban J connectivity index is 0.00000207. The van der Waals surface area contributed by atoms with Crippen molar-refractivity contribution in [3.05, 3.63) is 81.5 Å². The maximum atomic E-state index is 15.7. The second-order valence-electron chi connectivity index (χ2n) is 10.3. The Labute approximate surface area is 248 Å². The third-order valence-corrected chi connectivity index (χ3v) is 7.40. The van der Waals surface area contributed by atoms with Gasteiger partial charge in [-0.3, -0.25) is 14.5 Å². The lowest BCUT2D eigenvalue weighted by molar-refractivity contribution is -0.138. The lowest BCUT2D eigenvalue weighted by atomic mass is 10.00. The standard InChI is InChI=1S/C29H31F4N5O3.C2H6/c1-36-5-7-38(8-6-36)26-16-24(30)21(20-4-2-3-19(13-20)18-37-9-11-41-12-10-37)14-25(26)35-28(40)22-17-34-27(39)15-23(22)29(31,32)33;1-2/h2-4,13-17H,5-12,18H2,1H3,(H,34,39)(H,35,40);1-2H3. The lowest BCUT2D eigenvalue weighted by Crippen LogP contribution is -2.44. The molecule has 2 aliphatic heterocycles. The first-order valence-corrected chi connectivity index (χ1v) is 14.4. The SMILES string of the molecule is CC.CN1CCN(c2cc(F)c(-c3cccc(CN4CCOCC4)c3)cc2NC(=O)c2c[nH]c(=O)cc2C(F)(F)F)CC1. The highest BCUT2D eigenvalue weighted by atomic mass is 19.4.